The summed E-state index contributed by atoms with van der Waals surface area (Å²) >= 11 is 0. The zero-order chi connectivity index (χ0) is 18.1. The Morgan fingerprint density at radius 1 is 1.20 bits per heavy atom. The summed E-state index contributed by atoms with van der Waals surface area (Å²) in [5.74, 6) is 1.50. The lowest BCUT2D eigenvalue weighted by Gasteiger charge is -2.30. The molecule has 0 radical (unpaired) electrons. The van der Waals surface area contributed by atoms with Gasteiger partial charge in [0.2, 0.25) is 0 Å². The molecule has 0 saturated heterocycles. The SMILES string of the molecule is CCCC(C)(CC)c1ccccc1OCC(=O)NCC1CCCCC1. The third-order valence-corrected chi connectivity index (χ3v) is 5.79. The summed E-state index contributed by atoms with van der Waals surface area (Å²) in [6.07, 6.45) is 9.77. The van der Waals surface area contributed by atoms with Crippen LogP contribution in [0.4, 0.5) is 0 Å². The van der Waals surface area contributed by atoms with Gasteiger partial charge in [0, 0.05) is 12.1 Å². The summed E-state index contributed by atoms with van der Waals surface area (Å²) in [6, 6.07) is 8.19. The molecule has 1 aliphatic rings. The molecule has 1 atom stereocenters. The van der Waals surface area contributed by atoms with Gasteiger partial charge in [0.15, 0.2) is 6.61 Å². The molecule has 0 heterocycles. The first-order valence-corrected chi connectivity index (χ1v) is 10.1. The Balaban J connectivity index is 1.90. The topological polar surface area (TPSA) is 38.3 Å². The minimum absolute atomic E-state index is 0.00549. The molecule has 1 aromatic rings. The van der Waals surface area contributed by atoms with E-state index in [2.05, 4.69) is 38.2 Å². The van der Waals surface area contributed by atoms with Gasteiger partial charge in [-0.05, 0) is 43.1 Å². The molecule has 1 amide bonds. The molecule has 0 spiro atoms. The Labute approximate surface area is 153 Å². The second-order valence-electron chi connectivity index (χ2n) is 7.76. The van der Waals surface area contributed by atoms with Crippen molar-refractivity contribution in [2.45, 2.75) is 77.6 Å². The molecule has 3 nitrogen and oxygen atoms in total. The molecule has 1 N–H and O–H groups in total. The van der Waals surface area contributed by atoms with Crippen LogP contribution in [0.15, 0.2) is 24.3 Å². The zero-order valence-electron chi connectivity index (χ0n) is 16.3. The molecule has 1 aliphatic carbocycles. The average molecular weight is 346 g/mol. The van der Waals surface area contributed by atoms with Crippen LogP contribution in [-0.4, -0.2) is 19.1 Å². The fourth-order valence-electron chi connectivity index (χ4n) is 3.99. The minimum atomic E-state index is -0.00549. The lowest BCUT2D eigenvalue weighted by molar-refractivity contribution is -0.123. The van der Waals surface area contributed by atoms with E-state index in [9.17, 15) is 4.79 Å². The highest BCUT2D eigenvalue weighted by molar-refractivity contribution is 5.77. The molecular weight excluding hydrogens is 310 g/mol. The maximum atomic E-state index is 12.2. The minimum Gasteiger partial charge on any atom is -0.483 e. The predicted octanol–water partition coefficient (Wildman–Crippen LogP) is 5.23. The Morgan fingerprint density at radius 2 is 1.92 bits per heavy atom. The number of benzene rings is 1. The fraction of sp³-hybridized carbons (Fsp3) is 0.682. The molecular formula is C22H35NO2. The molecule has 25 heavy (non-hydrogen) atoms. The summed E-state index contributed by atoms with van der Waals surface area (Å²) in [7, 11) is 0. The van der Waals surface area contributed by atoms with E-state index in [1.165, 1.54) is 37.7 Å². The molecule has 0 aliphatic heterocycles. The van der Waals surface area contributed by atoms with Crippen molar-refractivity contribution in [2.75, 3.05) is 13.2 Å². The zero-order valence-corrected chi connectivity index (χ0v) is 16.3. The van der Waals surface area contributed by atoms with Gasteiger partial charge in [-0.2, -0.15) is 0 Å². The summed E-state index contributed by atoms with van der Waals surface area (Å²) in [6.45, 7) is 7.64. The number of ether oxygens (including phenoxy) is 1. The van der Waals surface area contributed by atoms with Crippen molar-refractivity contribution in [1.29, 1.82) is 0 Å². The van der Waals surface area contributed by atoms with Crippen LogP contribution in [-0.2, 0) is 10.2 Å². The van der Waals surface area contributed by atoms with Crippen LogP contribution >= 0.6 is 0 Å². The van der Waals surface area contributed by atoms with E-state index < -0.39 is 0 Å². The van der Waals surface area contributed by atoms with E-state index >= 15 is 0 Å². The van der Waals surface area contributed by atoms with Crippen LogP contribution in [0.25, 0.3) is 0 Å². The summed E-state index contributed by atoms with van der Waals surface area (Å²) in [4.78, 5) is 12.2. The summed E-state index contributed by atoms with van der Waals surface area (Å²) < 4.78 is 5.92. The second kappa shape index (κ2) is 9.84. The van der Waals surface area contributed by atoms with Crippen LogP contribution in [0.3, 0.4) is 0 Å². The van der Waals surface area contributed by atoms with E-state index in [4.69, 9.17) is 4.74 Å². The lowest BCUT2D eigenvalue weighted by atomic mass is 9.76. The first kappa shape index (κ1) is 19.8. The van der Waals surface area contributed by atoms with Crippen molar-refractivity contribution in [1.82, 2.24) is 5.32 Å². The smallest absolute Gasteiger partial charge is 0.257 e. The Bertz CT molecular complexity index is 537. The third-order valence-electron chi connectivity index (χ3n) is 5.79. The van der Waals surface area contributed by atoms with Gasteiger partial charge < -0.3 is 10.1 Å². The van der Waals surface area contributed by atoms with Crippen molar-refractivity contribution in [3.63, 3.8) is 0 Å². The number of rotatable bonds is 9. The number of nitrogens with one attached hydrogen (secondary N) is 1. The Morgan fingerprint density at radius 3 is 2.60 bits per heavy atom. The normalized spacial score (nSPS) is 17.7. The fourth-order valence-corrected chi connectivity index (χ4v) is 3.99. The van der Waals surface area contributed by atoms with Crippen LogP contribution in [0, 0.1) is 5.92 Å². The van der Waals surface area contributed by atoms with E-state index in [-0.39, 0.29) is 17.9 Å². The van der Waals surface area contributed by atoms with Gasteiger partial charge in [0.1, 0.15) is 5.75 Å². The largest absolute Gasteiger partial charge is 0.483 e. The Hall–Kier alpha value is -1.51. The first-order chi connectivity index (χ1) is 12.1. The third kappa shape index (κ3) is 5.76. The molecule has 0 aromatic heterocycles. The van der Waals surface area contributed by atoms with Crippen molar-refractivity contribution in [3.8, 4) is 5.75 Å². The lowest BCUT2D eigenvalue weighted by Crippen LogP contribution is -2.34. The van der Waals surface area contributed by atoms with Crippen molar-refractivity contribution in [2.24, 2.45) is 5.92 Å². The molecule has 1 unspecified atom stereocenters. The molecule has 1 fully saturated rings. The quantitative estimate of drug-likeness (QED) is 0.665. The molecule has 140 valence electrons. The highest BCUT2D eigenvalue weighted by Gasteiger charge is 2.27. The number of carbonyl (C=O) groups is 1. The number of carbonyl (C=O) groups excluding carboxylic acids is 1. The van der Waals surface area contributed by atoms with Gasteiger partial charge in [-0.15, -0.1) is 0 Å². The molecule has 1 saturated carbocycles. The van der Waals surface area contributed by atoms with Crippen molar-refractivity contribution < 1.29 is 9.53 Å². The van der Waals surface area contributed by atoms with Crippen LogP contribution in [0.1, 0.15) is 77.7 Å². The molecule has 2 rings (SSSR count). The highest BCUT2D eigenvalue weighted by atomic mass is 16.5. The number of hydrogen-bond acceptors (Lipinski definition) is 2. The van der Waals surface area contributed by atoms with Crippen LogP contribution in [0.5, 0.6) is 5.75 Å². The van der Waals surface area contributed by atoms with Gasteiger partial charge in [-0.25, -0.2) is 0 Å². The van der Waals surface area contributed by atoms with Gasteiger partial charge in [0.05, 0.1) is 0 Å². The van der Waals surface area contributed by atoms with E-state index in [0.29, 0.717) is 5.92 Å². The maximum Gasteiger partial charge on any atom is 0.257 e. The van der Waals surface area contributed by atoms with Gasteiger partial charge in [-0.3, -0.25) is 4.79 Å². The van der Waals surface area contributed by atoms with Crippen LogP contribution in [0.2, 0.25) is 0 Å². The second-order valence-corrected chi connectivity index (χ2v) is 7.76. The van der Waals surface area contributed by atoms with Crippen LogP contribution < -0.4 is 10.1 Å². The number of para-hydroxylation sites is 1. The van der Waals surface area contributed by atoms with Gasteiger partial charge in [-0.1, -0.05) is 64.7 Å². The van der Waals surface area contributed by atoms with E-state index in [1.807, 2.05) is 12.1 Å². The Kier molecular flexibility index (Phi) is 7.80. The summed E-state index contributed by atoms with van der Waals surface area (Å²) in [5.41, 5.74) is 1.32. The average Bonchev–Trinajstić information content (AvgIpc) is 2.66. The molecule has 0 bridgehead atoms. The monoisotopic (exact) mass is 345 g/mol. The van der Waals surface area contributed by atoms with E-state index in [0.717, 1.165) is 31.6 Å². The predicted molar refractivity (Wildman–Crippen MR) is 104 cm³/mol. The first-order valence-electron chi connectivity index (χ1n) is 10.1. The van der Waals surface area contributed by atoms with Crippen molar-refractivity contribution in [3.05, 3.63) is 29.8 Å². The highest BCUT2D eigenvalue weighted by Crippen LogP contribution is 2.38. The number of hydrogen-bond donors (Lipinski definition) is 1. The number of amides is 1. The summed E-state index contributed by atoms with van der Waals surface area (Å²) in [5, 5.41) is 3.06. The molecule has 3 heteroatoms. The maximum absolute atomic E-state index is 12.2. The molecule has 1 aromatic carbocycles. The van der Waals surface area contributed by atoms with E-state index in [1.54, 1.807) is 0 Å². The standard InChI is InChI=1S/C22H35NO2/c1-4-15-22(3,5-2)19-13-9-10-14-20(19)25-17-21(24)23-16-18-11-7-6-8-12-18/h9-10,13-14,18H,4-8,11-12,15-17H2,1-3H3,(H,23,24). The van der Waals surface area contributed by atoms with Gasteiger partial charge in [0.25, 0.3) is 5.91 Å². The van der Waals surface area contributed by atoms with Crippen molar-refractivity contribution >= 4 is 5.91 Å². The van der Waals surface area contributed by atoms with Gasteiger partial charge >= 0.3 is 0 Å².